The summed E-state index contributed by atoms with van der Waals surface area (Å²) < 4.78 is 7.05. The summed E-state index contributed by atoms with van der Waals surface area (Å²) in [5.41, 5.74) is 0.929. The van der Waals surface area contributed by atoms with Crippen molar-refractivity contribution in [3.8, 4) is 11.6 Å². The van der Waals surface area contributed by atoms with Crippen molar-refractivity contribution in [1.82, 2.24) is 14.8 Å². The quantitative estimate of drug-likeness (QED) is 0.672. The molecule has 0 bridgehead atoms. The molecule has 0 radical (unpaired) electrons. The third-order valence-corrected chi connectivity index (χ3v) is 2.61. The van der Waals surface area contributed by atoms with Crippen molar-refractivity contribution in [3.05, 3.63) is 48.8 Å². The monoisotopic (exact) mass is 225 g/mol. The molecule has 3 aromatic rings. The van der Waals surface area contributed by atoms with E-state index >= 15 is 0 Å². The van der Waals surface area contributed by atoms with Gasteiger partial charge in [-0.1, -0.05) is 18.2 Å². The fraction of sp³-hybridized carbons (Fsp3) is 0.0769. The third-order valence-electron chi connectivity index (χ3n) is 2.61. The predicted octanol–water partition coefficient (Wildman–Crippen LogP) is 2.43. The highest BCUT2D eigenvalue weighted by atomic mass is 16.5. The van der Waals surface area contributed by atoms with Gasteiger partial charge < -0.3 is 4.74 Å². The fourth-order valence-electron chi connectivity index (χ4n) is 1.79. The Morgan fingerprint density at radius 2 is 2.06 bits per heavy atom. The first-order chi connectivity index (χ1) is 8.38. The lowest BCUT2D eigenvalue weighted by atomic mass is 10.2. The van der Waals surface area contributed by atoms with Gasteiger partial charge in [-0.2, -0.15) is 5.10 Å². The zero-order chi connectivity index (χ0) is 11.7. The van der Waals surface area contributed by atoms with Crippen LogP contribution in [0.5, 0.6) is 5.75 Å². The van der Waals surface area contributed by atoms with E-state index in [9.17, 15) is 0 Å². The van der Waals surface area contributed by atoms with Crippen LogP contribution in [0.3, 0.4) is 0 Å². The molecule has 2 heterocycles. The molecule has 0 N–H and O–H groups in total. The molecule has 1 aromatic carbocycles. The van der Waals surface area contributed by atoms with Gasteiger partial charge in [-0.05, 0) is 18.2 Å². The second-order valence-corrected chi connectivity index (χ2v) is 3.66. The first kappa shape index (κ1) is 9.84. The maximum atomic E-state index is 5.35. The maximum Gasteiger partial charge on any atom is 0.196 e. The van der Waals surface area contributed by atoms with Crippen molar-refractivity contribution in [2.45, 2.75) is 0 Å². The summed E-state index contributed by atoms with van der Waals surface area (Å²) in [5, 5.41) is 5.23. The summed E-state index contributed by atoms with van der Waals surface area (Å²) in [4.78, 5) is 4.56. The van der Waals surface area contributed by atoms with Crippen LogP contribution in [0.1, 0.15) is 0 Å². The number of hydrogen-bond acceptors (Lipinski definition) is 3. The average Bonchev–Trinajstić information content (AvgIpc) is 2.91. The highest BCUT2D eigenvalue weighted by Crippen LogP contribution is 2.25. The number of aromatic nitrogens is 3. The molecular formula is C13H11N3O. The minimum absolute atomic E-state index is 0.705. The van der Waals surface area contributed by atoms with E-state index in [2.05, 4.69) is 10.1 Å². The third kappa shape index (κ3) is 1.63. The number of methoxy groups -OCH3 is 1. The Kier molecular flexibility index (Phi) is 2.26. The van der Waals surface area contributed by atoms with Crippen molar-refractivity contribution >= 4 is 10.9 Å². The largest absolute Gasteiger partial charge is 0.493 e. The first-order valence-electron chi connectivity index (χ1n) is 5.32. The minimum Gasteiger partial charge on any atom is -0.493 e. The molecule has 0 aliphatic rings. The Hall–Kier alpha value is -2.36. The van der Waals surface area contributed by atoms with Gasteiger partial charge in [0.25, 0.3) is 0 Å². The summed E-state index contributed by atoms with van der Waals surface area (Å²) in [7, 11) is 1.64. The predicted molar refractivity (Wildman–Crippen MR) is 65.4 cm³/mol. The van der Waals surface area contributed by atoms with Crippen LogP contribution in [0.25, 0.3) is 16.7 Å². The molecule has 0 atom stereocenters. The lowest BCUT2D eigenvalue weighted by Gasteiger charge is -2.08. The summed E-state index contributed by atoms with van der Waals surface area (Å²) in [6.07, 6.45) is 3.57. The summed E-state index contributed by atoms with van der Waals surface area (Å²) in [5.74, 6) is 1.42. The molecule has 4 nitrogen and oxygen atoms in total. The number of nitrogens with zero attached hydrogens (tertiary/aromatic N) is 3. The number of ether oxygens (including phenoxy) is 1. The van der Waals surface area contributed by atoms with E-state index in [1.807, 2.05) is 42.6 Å². The molecule has 0 saturated carbocycles. The lowest BCUT2D eigenvalue weighted by Crippen LogP contribution is -2.01. The van der Waals surface area contributed by atoms with Crippen LogP contribution in [-0.4, -0.2) is 21.9 Å². The highest BCUT2D eigenvalue weighted by Gasteiger charge is 2.08. The highest BCUT2D eigenvalue weighted by molar-refractivity contribution is 5.81. The smallest absolute Gasteiger partial charge is 0.196 e. The van der Waals surface area contributed by atoms with Gasteiger partial charge in [0.1, 0.15) is 0 Å². The molecule has 17 heavy (non-hydrogen) atoms. The first-order valence-corrected chi connectivity index (χ1v) is 5.32. The van der Waals surface area contributed by atoms with E-state index < -0.39 is 0 Å². The van der Waals surface area contributed by atoms with Crippen LogP contribution in [0.2, 0.25) is 0 Å². The van der Waals surface area contributed by atoms with Crippen molar-refractivity contribution in [2.24, 2.45) is 0 Å². The summed E-state index contributed by atoms with van der Waals surface area (Å²) in [6, 6.07) is 11.8. The molecule has 0 saturated heterocycles. The van der Waals surface area contributed by atoms with E-state index in [1.165, 1.54) is 0 Å². The van der Waals surface area contributed by atoms with Gasteiger partial charge in [0.2, 0.25) is 0 Å². The normalized spacial score (nSPS) is 10.6. The molecule has 3 rings (SSSR count). The molecule has 0 amide bonds. The van der Waals surface area contributed by atoms with Crippen LogP contribution in [0.4, 0.5) is 0 Å². The number of fused-ring (bicyclic) bond motifs is 1. The van der Waals surface area contributed by atoms with Crippen molar-refractivity contribution in [1.29, 1.82) is 0 Å². The molecule has 4 heteroatoms. The Balaban J connectivity index is 2.29. The Morgan fingerprint density at radius 3 is 2.82 bits per heavy atom. The molecule has 2 aromatic heterocycles. The number of pyridine rings is 1. The Bertz CT molecular complexity index is 647. The number of rotatable bonds is 2. The topological polar surface area (TPSA) is 39.9 Å². The Labute approximate surface area is 98.5 Å². The molecule has 0 unspecified atom stereocenters. The maximum absolute atomic E-state index is 5.35. The summed E-state index contributed by atoms with van der Waals surface area (Å²) in [6.45, 7) is 0. The van der Waals surface area contributed by atoms with Gasteiger partial charge in [0, 0.05) is 17.8 Å². The van der Waals surface area contributed by atoms with E-state index in [-0.39, 0.29) is 0 Å². The minimum atomic E-state index is 0.705. The van der Waals surface area contributed by atoms with Gasteiger partial charge in [0.05, 0.1) is 12.6 Å². The van der Waals surface area contributed by atoms with Crippen molar-refractivity contribution in [2.75, 3.05) is 7.11 Å². The molecule has 0 spiro atoms. The van der Waals surface area contributed by atoms with Gasteiger partial charge in [-0.25, -0.2) is 9.67 Å². The molecule has 0 aliphatic heterocycles. The van der Waals surface area contributed by atoms with E-state index in [1.54, 1.807) is 18.0 Å². The van der Waals surface area contributed by atoms with Crippen molar-refractivity contribution < 1.29 is 4.74 Å². The van der Waals surface area contributed by atoms with E-state index in [4.69, 9.17) is 4.74 Å². The molecule has 0 fully saturated rings. The van der Waals surface area contributed by atoms with Crippen LogP contribution in [-0.2, 0) is 0 Å². The number of hydrogen-bond donors (Lipinski definition) is 0. The second-order valence-electron chi connectivity index (χ2n) is 3.66. The van der Waals surface area contributed by atoms with E-state index in [0.717, 1.165) is 10.9 Å². The fourth-order valence-corrected chi connectivity index (χ4v) is 1.79. The second kappa shape index (κ2) is 3.90. The zero-order valence-electron chi connectivity index (χ0n) is 9.37. The van der Waals surface area contributed by atoms with E-state index in [0.29, 0.717) is 11.6 Å². The van der Waals surface area contributed by atoms with Crippen LogP contribution < -0.4 is 4.74 Å². The SMILES string of the molecule is COc1cc2ccccc2nc1-n1cccn1. The Morgan fingerprint density at radius 1 is 1.18 bits per heavy atom. The van der Waals surface area contributed by atoms with Crippen LogP contribution in [0, 0.1) is 0 Å². The van der Waals surface area contributed by atoms with Gasteiger partial charge in [0.15, 0.2) is 11.6 Å². The van der Waals surface area contributed by atoms with Gasteiger partial charge >= 0.3 is 0 Å². The van der Waals surface area contributed by atoms with Gasteiger partial charge in [-0.3, -0.25) is 0 Å². The van der Waals surface area contributed by atoms with Crippen molar-refractivity contribution in [3.63, 3.8) is 0 Å². The van der Waals surface area contributed by atoms with Gasteiger partial charge in [-0.15, -0.1) is 0 Å². The summed E-state index contributed by atoms with van der Waals surface area (Å²) >= 11 is 0. The van der Waals surface area contributed by atoms with Crippen LogP contribution in [0.15, 0.2) is 48.8 Å². The number of benzene rings is 1. The standard InChI is InChI=1S/C13H11N3O/c1-17-12-9-10-5-2-3-6-11(10)15-13(12)16-8-4-7-14-16/h2-9H,1H3. The lowest BCUT2D eigenvalue weighted by molar-refractivity contribution is 0.410. The molecular weight excluding hydrogens is 214 g/mol. The molecule has 84 valence electrons. The average molecular weight is 225 g/mol. The van der Waals surface area contributed by atoms with Crippen LogP contribution >= 0.6 is 0 Å². The number of para-hydroxylation sites is 1. The zero-order valence-corrected chi connectivity index (χ0v) is 9.37. The molecule has 0 aliphatic carbocycles.